The number of furan rings is 1. The molecule has 4 rings (SSSR count). The highest BCUT2D eigenvalue weighted by Crippen LogP contribution is 2.59. The van der Waals surface area contributed by atoms with Crippen LogP contribution in [0.4, 0.5) is 0 Å². The third kappa shape index (κ3) is 4.16. The lowest BCUT2D eigenvalue weighted by Crippen LogP contribution is -2.60. The van der Waals surface area contributed by atoms with Crippen LogP contribution in [0.3, 0.4) is 0 Å². The molecule has 0 radical (unpaired) electrons. The van der Waals surface area contributed by atoms with Crippen LogP contribution in [-0.4, -0.2) is 44.3 Å². The second kappa shape index (κ2) is 9.93. The Morgan fingerprint density at radius 2 is 2.09 bits per heavy atom. The van der Waals surface area contributed by atoms with Crippen molar-refractivity contribution in [1.82, 2.24) is 0 Å². The van der Waals surface area contributed by atoms with Crippen LogP contribution in [-0.2, 0) is 33.3 Å². The van der Waals surface area contributed by atoms with Crippen LogP contribution in [0.1, 0.15) is 63.9 Å². The van der Waals surface area contributed by atoms with E-state index in [2.05, 4.69) is 11.8 Å². The first kappa shape index (κ1) is 24.5. The first-order valence-corrected chi connectivity index (χ1v) is 11.9. The van der Waals surface area contributed by atoms with Crippen molar-refractivity contribution < 1.29 is 37.7 Å². The van der Waals surface area contributed by atoms with E-state index in [1.807, 2.05) is 13.8 Å². The summed E-state index contributed by atoms with van der Waals surface area (Å²) in [7, 11) is 1.36. The number of rotatable bonds is 6. The molecule has 184 valence electrons. The second-order valence-corrected chi connectivity index (χ2v) is 9.51. The third-order valence-corrected chi connectivity index (χ3v) is 7.89. The normalized spacial score (nSPS) is 34.8. The van der Waals surface area contributed by atoms with Gasteiger partial charge in [-0.1, -0.05) is 12.8 Å². The lowest BCUT2D eigenvalue weighted by atomic mass is 9.48. The van der Waals surface area contributed by atoms with Crippen LogP contribution in [0.5, 0.6) is 0 Å². The van der Waals surface area contributed by atoms with Crippen molar-refractivity contribution in [3.8, 4) is 11.8 Å². The van der Waals surface area contributed by atoms with Gasteiger partial charge in [0.05, 0.1) is 25.2 Å². The van der Waals surface area contributed by atoms with E-state index in [0.29, 0.717) is 37.2 Å². The Labute approximate surface area is 199 Å². The summed E-state index contributed by atoms with van der Waals surface area (Å²) in [5, 5.41) is 0. The standard InChI is InChI=1S/C26H32O8/c1-5-7-19-16(9-11-32-19)20-12-17-15(24(28)34-20)8-10-26(3)18(25(29)30-4)13-21(23(27)22(17)26)33-14-31-6-2/h9,11,15,17-18,20-22H,6,8,10,12-14H2,1-4H3/t15-,17+,18+,20+,21+,22+,26+/m1/s1. The maximum absolute atomic E-state index is 13.8. The van der Waals surface area contributed by atoms with Gasteiger partial charge in [0.25, 0.3) is 0 Å². The molecule has 0 N–H and O–H groups in total. The van der Waals surface area contributed by atoms with E-state index in [4.69, 9.17) is 23.4 Å². The Kier molecular flexibility index (Phi) is 7.15. The van der Waals surface area contributed by atoms with E-state index in [9.17, 15) is 14.4 Å². The molecule has 0 spiro atoms. The van der Waals surface area contributed by atoms with E-state index in [1.165, 1.54) is 13.4 Å². The lowest BCUT2D eigenvalue weighted by molar-refractivity contribution is -0.197. The average molecular weight is 473 g/mol. The van der Waals surface area contributed by atoms with Crippen LogP contribution in [0.15, 0.2) is 16.7 Å². The van der Waals surface area contributed by atoms with Crippen molar-refractivity contribution in [1.29, 1.82) is 0 Å². The molecule has 2 saturated carbocycles. The molecule has 0 aromatic carbocycles. The van der Waals surface area contributed by atoms with Crippen molar-refractivity contribution in [2.24, 2.45) is 29.1 Å². The van der Waals surface area contributed by atoms with Gasteiger partial charge in [-0.05, 0) is 62.9 Å². The zero-order valence-corrected chi connectivity index (χ0v) is 20.1. The lowest BCUT2D eigenvalue weighted by Gasteiger charge is -2.56. The average Bonchev–Trinajstić information content (AvgIpc) is 3.28. The van der Waals surface area contributed by atoms with Crippen LogP contribution in [0.25, 0.3) is 0 Å². The largest absolute Gasteiger partial charge is 0.469 e. The molecule has 8 heteroatoms. The fraction of sp³-hybridized carbons (Fsp3) is 0.654. The van der Waals surface area contributed by atoms with Gasteiger partial charge in [0.2, 0.25) is 0 Å². The summed E-state index contributed by atoms with van der Waals surface area (Å²) in [5.74, 6) is 3.67. The van der Waals surface area contributed by atoms with Crippen LogP contribution < -0.4 is 0 Å². The number of carbonyl (C=O) groups is 3. The van der Waals surface area contributed by atoms with E-state index < -0.39 is 35.4 Å². The number of carbonyl (C=O) groups excluding carboxylic acids is 3. The number of fused-ring (bicyclic) bond motifs is 3. The van der Waals surface area contributed by atoms with Gasteiger partial charge in [-0.15, -0.1) is 0 Å². The molecular weight excluding hydrogens is 440 g/mol. The van der Waals surface area contributed by atoms with Crippen molar-refractivity contribution in [3.63, 3.8) is 0 Å². The van der Waals surface area contributed by atoms with Gasteiger partial charge in [-0.2, -0.15) is 0 Å². The number of esters is 2. The van der Waals surface area contributed by atoms with Gasteiger partial charge in [-0.3, -0.25) is 14.4 Å². The van der Waals surface area contributed by atoms with Crippen molar-refractivity contribution >= 4 is 17.7 Å². The zero-order chi connectivity index (χ0) is 24.5. The van der Waals surface area contributed by atoms with E-state index in [-0.39, 0.29) is 36.9 Å². The van der Waals surface area contributed by atoms with Gasteiger partial charge < -0.3 is 23.4 Å². The molecule has 0 amide bonds. The Morgan fingerprint density at radius 3 is 2.79 bits per heavy atom. The molecule has 1 saturated heterocycles. The van der Waals surface area contributed by atoms with Gasteiger partial charge in [-0.25, -0.2) is 0 Å². The predicted molar refractivity (Wildman–Crippen MR) is 119 cm³/mol. The topological polar surface area (TPSA) is 101 Å². The molecule has 8 nitrogen and oxygen atoms in total. The first-order valence-electron chi connectivity index (χ1n) is 11.9. The molecule has 2 heterocycles. The number of Topliss-reactive ketones (excluding diaryl/α,β-unsaturated/α-hetero) is 1. The first-order chi connectivity index (χ1) is 16.3. The second-order valence-electron chi connectivity index (χ2n) is 9.51. The van der Waals surface area contributed by atoms with E-state index >= 15 is 0 Å². The molecule has 34 heavy (non-hydrogen) atoms. The van der Waals surface area contributed by atoms with Gasteiger partial charge in [0, 0.05) is 18.1 Å². The number of ether oxygens (including phenoxy) is 4. The number of methoxy groups -OCH3 is 1. The Hall–Kier alpha value is -2.63. The molecule has 3 fully saturated rings. The summed E-state index contributed by atoms with van der Waals surface area (Å²) >= 11 is 0. The number of hydrogen-bond acceptors (Lipinski definition) is 8. The smallest absolute Gasteiger partial charge is 0.309 e. The minimum absolute atomic E-state index is 0.0307. The van der Waals surface area contributed by atoms with Gasteiger partial charge in [0.15, 0.2) is 11.5 Å². The van der Waals surface area contributed by atoms with Crippen LogP contribution in [0.2, 0.25) is 0 Å². The monoisotopic (exact) mass is 472 g/mol. The summed E-state index contributed by atoms with van der Waals surface area (Å²) in [4.78, 5) is 39.8. The molecular formula is C26H32O8. The van der Waals surface area contributed by atoms with Gasteiger partial charge >= 0.3 is 11.9 Å². The third-order valence-electron chi connectivity index (χ3n) is 7.89. The van der Waals surface area contributed by atoms with Crippen molar-refractivity contribution in [3.05, 3.63) is 23.7 Å². The maximum atomic E-state index is 13.8. The highest BCUT2D eigenvalue weighted by atomic mass is 16.7. The van der Waals surface area contributed by atoms with Gasteiger partial charge in [0.1, 0.15) is 19.0 Å². The molecule has 3 aliphatic rings. The SMILES string of the molecule is CC#Cc1occc1[C@@H]1C[C@@H]2[C@H]3C(=O)[C@@H](OCOCC)C[C@@H](C(=O)OC)[C@]3(C)CC[C@H]2C(=O)O1. The summed E-state index contributed by atoms with van der Waals surface area (Å²) in [6.07, 6.45) is 1.97. The number of ketones is 1. The molecule has 0 unspecified atom stereocenters. The summed E-state index contributed by atoms with van der Waals surface area (Å²) in [6, 6.07) is 1.76. The van der Waals surface area contributed by atoms with Crippen LogP contribution in [0, 0.1) is 40.9 Å². The van der Waals surface area contributed by atoms with E-state index in [0.717, 1.165) is 0 Å². The number of hydrogen-bond donors (Lipinski definition) is 0. The molecule has 1 aromatic rings. The summed E-state index contributed by atoms with van der Waals surface area (Å²) < 4.78 is 27.5. The molecule has 2 aliphatic carbocycles. The highest BCUT2D eigenvalue weighted by Gasteiger charge is 2.63. The Morgan fingerprint density at radius 1 is 1.29 bits per heavy atom. The number of cyclic esters (lactones) is 1. The molecule has 7 atom stereocenters. The fourth-order valence-corrected chi connectivity index (χ4v) is 6.25. The molecule has 1 aromatic heterocycles. The van der Waals surface area contributed by atoms with Crippen LogP contribution >= 0.6 is 0 Å². The Balaban J connectivity index is 1.70. The minimum atomic E-state index is -0.792. The van der Waals surface area contributed by atoms with Crippen molar-refractivity contribution in [2.75, 3.05) is 20.5 Å². The Bertz CT molecular complexity index is 1000. The summed E-state index contributed by atoms with van der Waals surface area (Å²) in [6.45, 7) is 5.95. The highest BCUT2D eigenvalue weighted by molar-refractivity contribution is 5.91. The molecule has 0 bridgehead atoms. The fourth-order valence-electron chi connectivity index (χ4n) is 6.25. The minimum Gasteiger partial charge on any atom is -0.469 e. The summed E-state index contributed by atoms with van der Waals surface area (Å²) in [5.41, 5.74) is 0.0619. The van der Waals surface area contributed by atoms with Crippen molar-refractivity contribution in [2.45, 2.75) is 58.7 Å². The zero-order valence-electron chi connectivity index (χ0n) is 20.1. The van der Waals surface area contributed by atoms with E-state index in [1.54, 1.807) is 13.0 Å². The molecule has 1 aliphatic heterocycles. The predicted octanol–water partition coefficient (Wildman–Crippen LogP) is 3.43. The quantitative estimate of drug-likeness (QED) is 0.269. The maximum Gasteiger partial charge on any atom is 0.309 e.